The van der Waals surface area contributed by atoms with Crippen LogP contribution < -0.4 is 0 Å². The van der Waals surface area contributed by atoms with E-state index >= 15 is 0 Å². The summed E-state index contributed by atoms with van der Waals surface area (Å²) >= 11 is 0. The fourth-order valence-electron chi connectivity index (χ4n) is 5.52. The van der Waals surface area contributed by atoms with E-state index in [9.17, 15) is 5.11 Å². The maximum atomic E-state index is 10.1. The van der Waals surface area contributed by atoms with Gasteiger partial charge in [0, 0.05) is 35.9 Å². The number of benzene rings is 5. The molecule has 43 heavy (non-hydrogen) atoms. The minimum atomic E-state index is 0.259. The van der Waals surface area contributed by atoms with Crippen LogP contribution >= 0.6 is 0 Å². The van der Waals surface area contributed by atoms with Gasteiger partial charge in [-0.1, -0.05) is 78.9 Å². The lowest BCUT2D eigenvalue weighted by molar-refractivity contribution is 0.475. The highest BCUT2D eigenvalue weighted by atomic mass is 16.3. The molecule has 5 aromatic carbocycles. The standard InChI is InChI=1S/C40H28N2O/c43-40-16-4-13-34(25-40)28-7-1-10-31(19-28)37-22-38(32-11-2-8-29(20-32)35-14-5-17-41-26-35)24-39(23-37)33-12-3-9-30(21-33)36-15-6-18-42-27-36/h1-27,43H. The molecule has 0 bridgehead atoms. The van der Waals surface area contributed by atoms with Gasteiger partial charge >= 0.3 is 0 Å². The second-order valence-electron chi connectivity index (χ2n) is 10.6. The van der Waals surface area contributed by atoms with Crippen molar-refractivity contribution >= 4 is 0 Å². The molecular weight excluding hydrogens is 524 g/mol. The Morgan fingerprint density at radius 2 is 0.605 bits per heavy atom. The molecule has 0 spiro atoms. The normalized spacial score (nSPS) is 10.9. The van der Waals surface area contributed by atoms with Crippen molar-refractivity contribution in [2.45, 2.75) is 0 Å². The van der Waals surface area contributed by atoms with Crippen molar-refractivity contribution in [3.8, 4) is 72.5 Å². The molecule has 3 nitrogen and oxygen atoms in total. The molecule has 0 saturated carbocycles. The Bertz CT molecular complexity index is 1930. The third-order valence-corrected chi connectivity index (χ3v) is 7.69. The van der Waals surface area contributed by atoms with Crippen LogP contribution in [0, 0.1) is 0 Å². The fourth-order valence-corrected chi connectivity index (χ4v) is 5.52. The van der Waals surface area contributed by atoms with E-state index in [-0.39, 0.29) is 5.75 Å². The lowest BCUT2D eigenvalue weighted by atomic mass is 9.90. The van der Waals surface area contributed by atoms with Gasteiger partial charge in [0.2, 0.25) is 0 Å². The monoisotopic (exact) mass is 552 g/mol. The molecule has 0 amide bonds. The Hall–Kier alpha value is -5.80. The SMILES string of the molecule is Oc1cccc(-c2cccc(-c3cc(-c4cccc(-c5cccnc5)c4)cc(-c4cccc(-c5cccnc5)c4)c3)c2)c1. The number of pyridine rings is 2. The molecule has 0 saturated heterocycles. The van der Waals surface area contributed by atoms with Gasteiger partial charge in [0.05, 0.1) is 0 Å². The smallest absolute Gasteiger partial charge is 0.116 e. The Labute approximate surface area is 251 Å². The van der Waals surface area contributed by atoms with Gasteiger partial charge in [-0.05, 0) is 116 Å². The van der Waals surface area contributed by atoms with E-state index in [2.05, 4.69) is 113 Å². The van der Waals surface area contributed by atoms with Gasteiger partial charge in [-0.3, -0.25) is 9.97 Å². The zero-order valence-electron chi connectivity index (χ0n) is 23.4. The van der Waals surface area contributed by atoms with Gasteiger partial charge < -0.3 is 5.11 Å². The van der Waals surface area contributed by atoms with Crippen LogP contribution in [0.1, 0.15) is 0 Å². The maximum absolute atomic E-state index is 10.1. The van der Waals surface area contributed by atoms with Crippen LogP contribution in [0.2, 0.25) is 0 Å². The van der Waals surface area contributed by atoms with Crippen molar-refractivity contribution in [3.05, 3.63) is 164 Å². The minimum Gasteiger partial charge on any atom is -0.508 e. The second kappa shape index (κ2) is 11.6. The third kappa shape index (κ3) is 5.70. The quantitative estimate of drug-likeness (QED) is 0.223. The number of aromatic hydroxyl groups is 1. The predicted octanol–water partition coefficient (Wildman–Crippen LogP) is 10.2. The van der Waals surface area contributed by atoms with Gasteiger partial charge in [0.15, 0.2) is 0 Å². The molecular formula is C40H28N2O. The number of hydrogen-bond donors (Lipinski definition) is 1. The molecule has 0 aliphatic rings. The highest BCUT2D eigenvalue weighted by Crippen LogP contribution is 2.37. The molecule has 3 heteroatoms. The molecule has 0 radical (unpaired) electrons. The van der Waals surface area contributed by atoms with Crippen LogP contribution in [0.4, 0.5) is 0 Å². The summed E-state index contributed by atoms with van der Waals surface area (Å²) in [6.07, 6.45) is 7.40. The number of hydrogen-bond acceptors (Lipinski definition) is 3. The van der Waals surface area contributed by atoms with Crippen molar-refractivity contribution in [1.82, 2.24) is 9.97 Å². The van der Waals surface area contributed by atoms with E-state index in [1.54, 1.807) is 24.5 Å². The number of phenols is 1. The predicted molar refractivity (Wildman–Crippen MR) is 176 cm³/mol. The molecule has 0 fully saturated rings. The summed E-state index contributed by atoms with van der Waals surface area (Å²) in [5.74, 6) is 0.259. The van der Waals surface area contributed by atoms with Crippen molar-refractivity contribution < 1.29 is 5.11 Å². The first-order valence-corrected chi connectivity index (χ1v) is 14.3. The van der Waals surface area contributed by atoms with E-state index in [0.717, 1.165) is 66.8 Å². The second-order valence-corrected chi connectivity index (χ2v) is 10.6. The van der Waals surface area contributed by atoms with Crippen LogP contribution in [0.15, 0.2) is 164 Å². The van der Waals surface area contributed by atoms with Gasteiger partial charge in [-0.25, -0.2) is 0 Å². The number of nitrogens with zero attached hydrogens (tertiary/aromatic N) is 2. The minimum absolute atomic E-state index is 0.259. The Morgan fingerprint density at radius 3 is 0.977 bits per heavy atom. The summed E-state index contributed by atoms with van der Waals surface area (Å²) in [4.78, 5) is 8.65. The zero-order chi connectivity index (χ0) is 29.0. The Morgan fingerprint density at radius 1 is 0.302 bits per heavy atom. The summed E-state index contributed by atoms with van der Waals surface area (Å²) in [6, 6.07) is 48.1. The van der Waals surface area contributed by atoms with Crippen LogP contribution in [-0.4, -0.2) is 15.1 Å². The molecule has 2 aromatic heterocycles. The number of rotatable bonds is 6. The van der Waals surface area contributed by atoms with Gasteiger partial charge in [0.25, 0.3) is 0 Å². The van der Waals surface area contributed by atoms with Crippen LogP contribution in [0.3, 0.4) is 0 Å². The van der Waals surface area contributed by atoms with E-state index < -0.39 is 0 Å². The van der Waals surface area contributed by atoms with Crippen molar-refractivity contribution in [1.29, 1.82) is 0 Å². The molecule has 7 aromatic rings. The van der Waals surface area contributed by atoms with Crippen molar-refractivity contribution in [3.63, 3.8) is 0 Å². The average Bonchev–Trinajstić information content (AvgIpc) is 3.09. The molecule has 0 atom stereocenters. The Balaban J connectivity index is 1.38. The molecule has 7 rings (SSSR count). The first-order chi connectivity index (χ1) is 21.2. The summed E-state index contributed by atoms with van der Waals surface area (Å²) < 4.78 is 0. The van der Waals surface area contributed by atoms with E-state index in [0.29, 0.717) is 0 Å². The number of phenolic OH excluding ortho intramolecular Hbond substituents is 1. The molecule has 0 aliphatic carbocycles. The fraction of sp³-hybridized carbons (Fsp3) is 0. The Kier molecular flexibility index (Phi) is 7.04. The summed E-state index contributed by atoms with van der Waals surface area (Å²) in [7, 11) is 0. The van der Waals surface area contributed by atoms with Crippen LogP contribution in [0.25, 0.3) is 66.8 Å². The highest BCUT2D eigenvalue weighted by Gasteiger charge is 2.11. The van der Waals surface area contributed by atoms with E-state index in [4.69, 9.17) is 0 Å². The summed E-state index contributed by atoms with van der Waals surface area (Å²) in [5, 5.41) is 10.1. The van der Waals surface area contributed by atoms with Gasteiger partial charge in [0.1, 0.15) is 5.75 Å². The first-order valence-electron chi connectivity index (χ1n) is 14.3. The van der Waals surface area contributed by atoms with E-state index in [1.807, 2.05) is 36.7 Å². The summed E-state index contributed by atoms with van der Waals surface area (Å²) in [6.45, 7) is 0. The van der Waals surface area contributed by atoms with Crippen molar-refractivity contribution in [2.24, 2.45) is 0 Å². The largest absolute Gasteiger partial charge is 0.508 e. The van der Waals surface area contributed by atoms with Crippen LogP contribution in [-0.2, 0) is 0 Å². The zero-order valence-corrected chi connectivity index (χ0v) is 23.4. The lowest BCUT2D eigenvalue weighted by Crippen LogP contribution is -1.89. The third-order valence-electron chi connectivity index (χ3n) is 7.69. The highest BCUT2D eigenvalue weighted by molar-refractivity contribution is 5.85. The van der Waals surface area contributed by atoms with Gasteiger partial charge in [-0.2, -0.15) is 0 Å². The maximum Gasteiger partial charge on any atom is 0.116 e. The molecule has 1 N–H and O–H groups in total. The average molecular weight is 553 g/mol. The topological polar surface area (TPSA) is 46.0 Å². The molecule has 204 valence electrons. The number of aromatic nitrogens is 2. The van der Waals surface area contributed by atoms with Crippen molar-refractivity contribution in [2.75, 3.05) is 0 Å². The molecule has 0 aliphatic heterocycles. The van der Waals surface area contributed by atoms with E-state index in [1.165, 1.54) is 0 Å². The molecule has 0 unspecified atom stereocenters. The summed E-state index contributed by atoms with van der Waals surface area (Å²) in [5.41, 5.74) is 13.2. The molecule has 2 heterocycles. The lowest BCUT2D eigenvalue weighted by Gasteiger charge is -2.14. The first kappa shape index (κ1) is 26.1. The van der Waals surface area contributed by atoms with Crippen LogP contribution in [0.5, 0.6) is 5.75 Å². The van der Waals surface area contributed by atoms with Gasteiger partial charge in [-0.15, -0.1) is 0 Å².